The highest BCUT2D eigenvalue weighted by Crippen LogP contribution is 2.22. The molecule has 2 aromatic heterocycles. The Balaban J connectivity index is 2.29. The van der Waals surface area contributed by atoms with Crippen molar-refractivity contribution in [3.05, 3.63) is 35.0 Å². The minimum atomic E-state index is 0.808. The molecule has 0 saturated carbocycles. The number of pyridine rings is 1. The molecule has 0 fully saturated rings. The van der Waals surface area contributed by atoms with Crippen LogP contribution in [-0.2, 0) is 6.54 Å². The number of hydrogen-bond donors (Lipinski definition) is 1. The maximum atomic E-state index is 4.50. The molecule has 2 heterocycles. The molecule has 0 atom stereocenters. The maximum absolute atomic E-state index is 4.50. The van der Waals surface area contributed by atoms with Crippen molar-refractivity contribution in [1.82, 2.24) is 15.3 Å². The summed E-state index contributed by atoms with van der Waals surface area (Å²) in [6.07, 6.45) is 1.82. The van der Waals surface area contributed by atoms with Crippen LogP contribution in [0.3, 0.4) is 0 Å². The lowest BCUT2D eigenvalue weighted by Gasteiger charge is -1.96. The standard InChI is InChI=1S/C11H13N3S/c1-8-3-4-13-10(5-8)11-14-9(6-12-2)7-15-11/h3-5,7,12H,6H2,1-2H3. The van der Waals surface area contributed by atoms with E-state index in [0.717, 1.165) is 22.9 Å². The van der Waals surface area contributed by atoms with Crippen LogP contribution in [-0.4, -0.2) is 17.0 Å². The molecule has 0 unspecified atom stereocenters. The highest BCUT2D eigenvalue weighted by molar-refractivity contribution is 7.13. The molecule has 0 saturated heterocycles. The van der Waals surface area contributed by atoms with Gasteiger partial charge in [-0.1, -0.05) is 0 Å². The maximum Gasteiger partial charge on any atom is 0.142 e. The summed E-state index contributed by atoms with van der Waals surface area (Å²) >= 11 is 1.64. The molecular formula is C11H13N3S. The van der Waals surface area contributed by atoms with E-state index in [0.29, 0.717) is 0 Å². The molecule has 2 rings (SSSR count). The topological polar surface area (TPSA) is 37.8 Å². The zero-order chi connectivity index (χ0) is 10.7. The number of hydrogen-bond acceptors (Lipinski definition) is 4. The van der Waals surface area contributed by atoms with Crippen molar-refractivity contribution in [2.24, 2.45) is 0 Å². The van der Waals surface area contributed by atoms with Gasteiger partial charge in [0.2, 0.25) is 0 Å². The number of aromatic nitrogens is 2. The molecule has 0 radical (unpaired) electrons. The van der Waals surface area contributed by atoms with E-state index in [4.69, 9.17) is 0 Å². The second-order valence-electron chi connectivity index (χ2n) is 3.39. The quantitative estimate of drug-likeness (QED) is 0.860. The number of aryl methyl sites for hydroxylation is 1. The van der Waals surface area contributed by atoms with Crippen molar-refractivity contribution in [2.75, 3.05) is 7.05 Å². The van der Waals surface area contributed by atoms with Crippen LogP contribution in [0.1, 0.15) is 11.3 Å². The first kappa shape index (κ1) is 10.3. The second kappa shape index (κ2) is 4.51. The first-order chi connectivity index (χ1) is 7.29. The molecule has 0 spiro atoms. The molecule has 15 heavy (non-hydrogen) atoms. The zero-order valence-corrected chi connectivity index (χ0v) is 9.64. The van der Waals surface area contributed by atoms with Gasteiger partial charge in [-0.3, -0.25) is 4.98 Å². The number of rotatable bonds is 3. The van der Waals surface area contributed by atoms with Gasteiger partial charge < -0.3 is 5.32 Å². The predicted molar refractivity (Wildman–Crippen MR) is 62.8 cm³/mol. The molecule has 0 aliphatic rings. The Labute approximate surface area is 93.2 Å². The summed E-state index contributed by atoms with van der Waals surface area (Å²) in [6.45, 7) is 2.87. The van der Waals surface area contributed by atoms with Crippen LogP contribution in [0.5, 0.6) is 0 Å². The molecule has 78 valence electrons. The Morgan fingerprint density at radius 3 is 3.07 bits per heavy atom. The fourth-order valence-corrected chi connectivity index (χ4v) is 2.13. The van der Waals surface area contributed by atoms with Crippen LogP contribution in [0.4, 0.5) is 0 Å². The van der Waals surface area contributed by atoms with Crippen molar-refractivity contribution >= 4 is 11.3 Å². The first-order valence-corrected chi connectivity index (χ1v) is 5.69. The van der Waals surface area contributed by atoms with Gasteiger partial charge in [0, 0.05) is 18.1 Å². The van der Waals surface area contributed by atoms with E-state index < -0.39 is 0 Å². The van der Waals surface area contributed by atoms with E-state index in [9.17, 15) is 0 Å². The van der Waals surface area contributed by atoms with Crippen molar-refractivity contribution in [3.63, 3.8) is 0 Å². The molecule has 4 heteroatoms. The fraction of sp³-hybridized carbons (Fsp3) is 0.273. The molecule has 0 aromatic carbocycles. The van der Waals surface area contributed by atoms with Crippen molar-refractivity contribution in [2.45, 2.75) is 13.5 Å². The molecule has 2 aromatic rings. The highest BCUT2D eigenvalue weighted by Gasteiger charge is 2.05. The van der Waals surface area contributed by atoms with Gasteiger partial charge >= 0.3 is 0 Å². The minimum absolute atomic E-state index is 0.808. The van der Waals surface area contributed by atoms with Crippen LogP contribution in [0.15, 0.2) is 23.7 Å². The first-order valence-electron chi connectivity index (χ1n) is 4.81. The lowest BCUT2D eigenvalue weighted by Crippen LogP contribution is -2.04. The molecule has 0 aliphatic heterocycles. The predicted octanol–water partition coefficient (Wildman–Crippen LogP) is 2.23. The summed E-state index contributed by atoms with van der Waals surface area (Å²) in [5.41, 5.74) is 3.24. The van der Waals surface area contributed by atoms with Crippen LogP contribution in [0.2, 0.25) is 0 Å². The van der Waals surface area contributed by atoms with Gasteiger partial charge in [0.1, 0.15) is 5.01 Å². The average molecular weight is 219 g/mol. The summed E-state index contributed by atoms with van der Waals surface area (Å²) < 4.78 is 0. The van der Waals surface area contributed by atoms with Gasteiger partial charge in [-0.25, -0.2) is 4.98 Å². The zero-order valence-electron chi connectivity index (χ0n) is 8.82. The van der Waals surface area contributed by atoms with Gasteiger partial charge in [-0.15, -0.1) is 11.3 Å². The summed E-state index contributed by atoms with van der Waals surface area (Å²) in [4.78, 5) is 8.82. The van der Waals surface area contributed by atoms with Crippen LogP contribution < -0.4 is 5.32 Å². The largest absolute Gasteiger partial charge is 0.314 e. The van der Waals surface area contributed by atoms with Gasteiger partial charge in [-0.2, -0.15) is 0 Å². The van der Waals surface area contributed by atoms with E-state index in [1.807, 2.05) is 19.3 Å². The minimum Gasteiger partial charge on any atom is -0.314 e. The fourth-order valence-electron chi connectivity index (χ4n) is 1.34. The third-order valence-corrected chi connectivity index (χ3v) is 2.96. The average Bonchev–Trinajstić information content (AvgIpc) is 2.67. The summed E-state index contributed by atoms with van der Waals surface area (Å²) in [5, 5.41) is 6.14. The number of thiazole rings is 1. The van der Waals surface area contributed by atoms with Crippen molar-refractivity contribution in [1.29, 1.82) is 0 Å². The van der Waals surface area contributed by atoms with Crippen LogP contribution >= 0.6 is 11.3 Å². The molecule has 3 nitrogen and oxygen atoms in total. The van der Waals surface area contributed by atoms with E-state index in [2.05, 4.69) is 33.7 Å². The van der Waals surface area contributed by atoms with E-state index in [1.165, 1.54) is 5.56 Å². The highest BCUT2D eigenvalue weighted by atomic mass is 32.1. The van der Waals surface area contributed by atoms with Gasteiger partial charge in [0.05, 0.1) is 11.4 Å². The monoisotopic (exact) mass is 219 g/mol. The smallest absolute Gasteiger partial charge is 0.142 e. The van der Waals surface area contributed by atoms with Crippen LogP contribution in [0.25, 0.3) is 10.7 Å². The van der Waals surface area contributed by atoms with Crippen molar-refractivity contribution in [3.8, 4) is 10.7 Å². The molecule has 0 aliphatic carbocycles. The third kappa shape index (κ3) is 2.40. The SMILES string of the molecule is CNCc1csc(-c2cc(C)ccn2)n1. The lowest BCUT2D eigenvalue weighted by atomic mass is 10.2. The third-order valence-electron chi connectivity index (χ3n) is 2.04. The lowest BCUT2D eigenvalue weighted by molar-refractivity contribution is 0.798. The van der Waals surface area contributed by atoms with Gasteiger partial charge in [0.15, 0.2) is 0 Å². The second-order valence-corrected chi connectivity index (χ2v) is 4.25. The molecule has 1 N–H and O–H groups in total. The Hall–Kier alpha value is -1.26. The summed E-state index contributed by atoms with van der Waals surface area (Å²) in [5.74, 6) is 0. The molecule has 0 amide bonds. The summed E-state index contributed by atoms with van der Waals surface area (Å²) in [7, 11) is 1.92. The Morgan fingerprint density at radius 1 is 1.47 bits per heavy atom. The van der Waals surface area contributed by atoms with Crippen molar-refractivity contribution < 1.29 is 0 Å². The van der Waals surface area contributed by atoms with E-state index in [-0.39, 0.29) is 0 Å². The number of nitrogens with one attached hydrogen (secondary N) is 1. The summed E-state index contributed by atoms with van der Waals surface area (Å²) in [6, 6.07) is 4.05. The Morgan fingerprint density at radius 2 is 2.33 bits per heavy atom. The Bertz CT molecular complexity index is 451. The van der Waals surface area contributed by atoms with Gasteiger partial charge in [0.25, 0.3) is 0 Å². The van der Waals surface area contributed by atoms with E-state index in [1.54, 1.807) is 11.3 Å². The number of nitrogens with zero attached hydrogens (tertiary/aromatic N) is 2. The van der Waals surface area contributed by atoms with E-state index >= 15 is 0 Å². The van der Waals surface area contributed by atoms with Crippen LogP contribution in [0, 0.1) is 6.92 Å². The molecule has 0 bridgehead atoms. The Kier molecular flexibility index (Phi) is 3.08. The van der Waals surface area contributed by atoms with Gasteiger partial charge in [-0.05, 0) is 31.7 Å². The molecular weight excluding hydrogens is 206 g/mol. The normalized spacial score (nSPS) is 10.5.